The van der Waals surface area contributed by atoms with Crippen LogP contribution < -0.4 is 4.74 Å². The lowest BCUT2D eigenvalue weighted by Crippen LogP contribution is -2.60. The van der Waals surface area contributed by atoms with Crippen LogP contribution in [0.25, 0.3) is 0 Å². The Bertz CT molecular complexity index is 1610. The summed E-state index contributed by atoms with van der Waals surface area (Å²) in [4.78, 5) is 1.08. The van der Waals surface area contributed by atoms with Crippen LogP contribution in [0.15, 0.2) is 150 Å². The van der Waals surface area contributed by atoms with Gasteiger partial charge >= 0.3 is 0 Å². The van der Waals surface area contributed by atoms with Crippen molar-refractivity contribution in [2.45, 2.75) is 61.2 Å². The molecule has 1 aliphatic rings. The van der Waals surface area contributed by atoms with E-state index in [2.05, 4.69) is 48.5 Å². The van der Waals surface area contributed by atoms with Gasteiger partial charge in [-0.1, -0.05) is 133 Å². The molecular formula is C41H42O6S. The molecule has 1 saturated heterocycles. The zero-order valence-electron chi connectivity index (χ0n) is 27.1. The molecule has 5 aromatic rings. The third-order valence-electron chi connectivity index (χ3n) is 8.15. The predicted octanol–water partition coefficient (Wildman–Crippen LogP) is 8.49. The standard InChI is InChI=1S/C41H42O6S/c1-42-35-24-22-34(23-25-35)29-46-40-39(45-28-33-18-10-4-11-19-33)38(44-27-32-16-8-3-9-17-32)37(30-43-26-31-14-6-2-7-15-31)47-41(40)48-36-20-12-5-13-21-36/h2-25,37-41H,26-30H2,1H3/t37-,38-,39+,40-,41+/m1/s1. The van der Waals surface area contributed by atoms with E-state index in [4.69, 9.17) is 28.4 Å². The van der Waals surface area contributed by atoms with Crippen molar-refractivity contribution in [1.29, 1.82) is 0 Å². The van der Waals surface area contributed by atoms with Crippen LogP contribution in [-0.2, 0) is 50.1 Å². The number of rotatable bonds is 16. The highest BCUT2D eigenvalue weighted by Crippen LogP contribution is 2.38. The lowest BCUT2D eigenvalue weighted by molar-refractivity contribution is -0.254. The van der Waals surface area contributed by atoms with Gasteiger partial charge in [-0.25, -0.2) is 0 Å². The maximum absolute atomic E-state index is 6.94. The van der Waals surface area contributed by atoms with Crippen molar-refractivity contribution in [3.05, 3.63) is 168 Å². The van der Waals surface area contributed by atoms with Gasteiger partial charge in [-0.15, -0.1) is 0 Å². The number of methoxy groups -OCH3 is 1. The monoisotopic (exact) mass is 662 g/mol. The van der Waals surface area contributed by atoms with Crippen molar-refractivity contribution in [3.8, 4) is 5.75 Å². The summed E-state index contributed by atoms with van der Waals surface area (Å²) in [7, 11) is 1.67. The number of benzene rings is 5. The summed E-state index contributed by atoms with van der Waals surface area (Å²) in [6.07, 6.45) is -1.82. The van der Waals surface area contributed by atoms with Crippen LogP contribution in [0.3, 0.4) is 0 Å². The van der Waals surface area contributed by atoms with E-state index >= 15 is 0 Å². The van der Waals surface area contributed by atoms with Crippen molar-refractivity contribution in [2.24, 2.45) is 0 Å². The molecule has 7 heteroatoms. The molecule has 1 fully saturated rings. The lowest BCUT2D eigenvalue weighted by Gasteiger charge is -2.46. The zero-order valence-corrected chi connectivity index (χ0v) is 28.0. The van der Waals surface area contributed by atoms with Gasteiger partial charge in [-0.05, 0) is 46.5 Å². The molecule has 0 amide bonds. The Morgan fingerprint density at radius 3 is 1.50 bits per heavy atom. The maximum Gasteiger partial charge on any atom is 0.137 e. The van der Waals surface area contributed by atoms with E-state index in [1.54, 1.807) is 18.9 Å². The van der Waals surface area contributed by atoms with Gasteiger partial charge in [0, 0.05) is 4.90 Å². The minimum absolute atomic E-state index is 0.330. The lowest BCUT2D eigenvalue weighted by atomic mass is 9.98. The quantitative estimate of drug-likeness (QED) is 0.105. The molecular weight excluding hydrogens is 621 g/mol. The normalized spacial score (nSPS) is 20.7. The van der Waals surface area contributed by atoms with Crippen LogP contribution in [0.4, 0.5) is 0 Å². The Hall–Kier alpha value is -3.95. The van der Waals surface area contributed by atoms with Gasteiger partial charge in [0.25, 0.3) is 0 Å². The smallest absolute Gasteiger partial charge is 0.137 e. The van der Waals surface area contributed by atoms with E-state index in [1.165, 1.54) is 0 Å². The first-order chi connectivity index (χ1) is 23.7. The minimum Gasteiger partial charge on any atom is -0.497 e. The highest BCUT2D eigenvalue weighted by atomic mass is 32.2. The molecule has 6 nitrogen and oxygen atoms in total. The SMILES string of the molecule is COc1ccc(CO[C@@H]2[C@@H](OCc3ccccc3)[C@H](OCc3ccccc3)[C@@H](COCc3ccccc3)O[C@H]2Sc2ccccc2)cc1. The van der Waals surface area contributed by atoms with Crippen LogP contribution in [0.5, 0.6) is 5.75 Å². The first-order valence-corrected chi connectivity index (χ1v) is 17.2. The van der Waals surface area contributed by atoms with Gasteiger partial charge in [0.15, 0.2) is 0 Å². The first kappa shape index (κ1) is 33.9. The average molecular weight is 663 g/mol. The van der Waals surface area contributed by atoms with Gasteiger partial charge in [0.05, 0.1) is 40.1 Å². The molecule has 1 aliphatic heterocycles. The summed E-state index contributed by atoms with van der Waals surface area (Å²) < 4.78 is 39.0. The largest absolute Gasteiger partial charge is 0.497 e. The average Bonchev–Trinajstić information content (AvgIpc) is 3.15. The van der Waals surface area contributed by atoms with E-state index < -0.39 is 29.9 Å². The molecule has 0 N–H and O–H groups in total. The van der Waals surface area contributed by atoms with Crippen LogP contribution >= 0.6 is 11.8 Å². The minimum atomic E-state index is -0.474. The van der Waals surface area contributed by atoms with Crippen LogP contribution in [-0.4, -0.2) is 43.6 Å². The summed E-state index contributed by atoms with van der Waals surface area (Å²) in [6, 6.07) is 48.8. The van der Waals surface area contributed by atoms with Crippen LogP contribution in [0, 0.1) is 0 Å². The fourth-order valence-electron chi connectivity index (χ4n) is 5.62. The van der Waals surface area contributed by atoms with E-state index in [-0.39, 0.29) is 0 Å². The van der Waals surface area contributed by atoms with Gasteiger partial charge in [-0.3, -0.25) is 0 Å². The van der Waals surface area contributed by atoms with Gasteiger partial charge in [0.2, 0.25) is 0 Å². The molecule has 0 spiro atoms. The Morgan fingerprint density at radius 1 is 0.500 bits per heavy atom. The summed E-state index contributed by atoms with van der Waals surface area (Å²) in [5, 5.41) is 0. The number of hydrogen-bond donors (Lipinski definition) is 0. The first-order valence-electron chi connectivity index (χ1n) is 16.3. The van der Waals surface area contributed by atoms with Crippen molar-refractivity contribution < 1.29 is 28.4 Å². The maximum atomic E-state index is 6.94. The fourth-order valence-corrected chi connectivity index (χ4v) is 6.77. The van der Waals surface area contributed by atoms with Crippen molar-refractivity contribution in [2.75, 3.05) is 13.7 Å². The number of hydrogen-bond acceptors (Lipinski definition) is 7. The van der Waals surface area contributed by atoms with Crippen LogP contribution in [0.1, 0.15) is 22.3 Å². The fraction of sp³-hybridized carbons (Fsp3) is 0.268. The predicted molar refractivity (Wildman–Crippen MR) is 189 cm³/mol. The molecule has 0 aliphatic carbocycles. The highest BCUT2D eigenvalue weighted by Gasteiger charge is 2.49. The molecule has 248 valence electrons. The van der Waals surface area contributed by atoms with Gasteiger partial charge in [0.1, 0.15) is 35.6 Å². The van der Waals surface area contributed by atoms with E-state index in [0.717, 1.165) is 32.9 Å². The molecule has 5 atom stereocenters. The molecule has 0 radical (unpaired) electrons. The van der Waals surface area contributed by atoms with E-state index in [0.29, 0.717) is 33.0 Å². The molecule has 0 bridgehead atoms. The molecule has 48 heavy (non-hydrogen) atoms. The Labute approximate surface area is 287 Å². The molecule has 6 rings (SSSR count). The van der Waals surface area contributed by atoms with Crippen LogP contribution in [0.2, 0.25) is 0 Å². The summed E-state index contributed by atoms with van der Waals surface area (Å²) >= 11 is 1.63. The molecule has 1 heterocycles. The second-order valence-electron chi connectivity index (χ2n) is 11.6. The van der Waals surface area contributed by atoms with Crippen molar-refractivity contribution in [3.63, 3.8) is 0 Å². The topological polar surface area (TPSA) is 55.4 Å². The highest BCUT2D eigenvalue weighted by molar-refractivity contribution is 7.99. The molecule has 0 saturated carbocycles. The third-order valence-corrected chi connectivity index (χ3v) is 9.31. The Kier molecular flexibility index (Phi) is 12.7. The number of ether oxygens (including phenoxy) is 6. The Balaban J connectivity index is 1.31. The zero-order chi connectivity index (χ0) is 32.8. The molecule has 0 unspecified atom stereocenters. The second-order valence-corrected chi connectivity index (χ2v) is 12.8. The van der Waals surface area contributed by atoms with Crippen molar-refractivity contribution in [1.82, 2.24) is 0 Å². The van der Waals surface area contributed by atoms with Gasteiger partial charge < -0.3 is 28.4 Å². The summed E-state index contributed by atoms with van der Waals surface area (Å²) in [6.45, 7) is 1.97. The Morgan fingerprint density at radius 2 is 0.958 bits per heavy atom. The van der Waals surface area contributed by atoms with Crippen molar-refractivity contribution >= 4 is 11.8 Å². The van der Waals surface area contributed by atoms with Gasteiger partial charge in [-0.2, -0.15) is 0 Å². The summed E-state index contributed by atoms with van der Waals surface area (Å²) in [5.41, 5.74) is 3.87. The van der Waals surface area contributed by atoms with E-state index in [1.807, 2.05) is 97.1 Å². The molecule has 5 aromatic carbocycles. The van der Waals surface area contributed by atoms with E-state index in [9.17, 15) is 0 Å². The number of thioether (sulfide) groups is 1. The summed E-state index contributed by atoms with van der Waals surface area (Å²) in [5.74, 6) is 0.800. The third kappa shape index (κ3) is 9.80. The second kappa shape index (κ2) is 18.0. The molecule has 0 aromatic heterocycles.